The molecule has 1 aromatic carbocycles. The van der Waals surface area contributed by atoms with Crippen LogP contribution < -0.4 is 17.1 Å². The zero-order chi connectivity index (χ0) is 14.6. The van der Waals surface area contributed by atoms with E-state index in [0.717, 1.165) is 10.9 Å². The van der Waals surface area contributed by atoms with Crippen molar-refractivity contribution >= 4 is 22.6 Å². The predicted molar refractivity (Wildman–Crippen MR) is 72.9 cm³/mol. The van der Waals surface area contributed by atoms with Crippen molar-refractivity contribution in [3.63, 3.8) is 0 Å². The van der Waals surface area contributed by atoms with Crippen LogP contribution in [-0.2, 0) is 4.79 Å². The van der Waals surface area contributed by atoms with Gasteiger partial charge in [0.2, 0.25) is 0 Å². The number of hydrogen-bond donors (Lipinski definition) is 3. The Labute approximate surface area is 109 Å². The highest BCUT2D eigenvalue weighted by Gasteiger charge is 2.01. The Kier molecular flexibility index (Phi) is 4.66. The molecule has 1 aromatic heterocycles. The second-order valence-electron chi connectivity index (χ2n) is 4.13. The highest BCUT2D eigenvalue weighted by Crippen LogP contribution is 2.18. The molecular weight excluding hydrogens is 248 g/mol. The maximum absolute atomic E-state index is 11.0. The highest BCUT2D eigenvalue weighted by atomic mass is 16.4. The molecule has 0 spiro atoms. The van der Waals surface area contributed by atoms with Crippen LogP contribution in [-0.4, -0.2) is 17.1 Å². The number of fused-ring (bicyclic) bond motifs is 1. The lowest BCUT2D eigenvalue weighted by molar-refractivity contribution is -0.138. The summed E-state index contributed by atoms with van der Waals surface area (Å²) in [5, 5.41) is 8.79. The first-order valence-corrected chi connectivity index (χ1v) is 5.59. The summed E-state index contributed by atoms with van der Waals surface area (Å²) >= 11 is 0. The highest BCUT2D eigenvalue weighted by molar-refractivity contribution is 5.82. The van der Waals surface area contributed by atoms with Gasteiger partial charge in [0.1, 0.15) is 11.6 Å². The summed E-state index contributed by atoms with van der Waals surface area (Å²) in [6.07, 6.45) is 0. The van der Waals surface area contributed by atoms with Crippen LogP contribution in [0.2, 0.25) is 0 Å². The van der Waals surface area contributed by atoms with E-state index in [4.69, 9.17) is 21.0 Å². The molecule has 5 N–H and O–H groups in total. The zero-order valence-electron chi connectivity index (χ0n) is 10.7. The van der Waals surface area contributed by atoms with Crippen molar-refractivity contribution in [2.24, 2.45) is 5.73 Å². The lowest BCUT2D eigenvalue weighted by atomic mass is 10.1. The summed E-state index contributed by atoms with van der Waals surface area (Å²) in [5.41, 5.74) is 12.1. The lowest BCUT2D eigenvalue weighted by Crippen LogP contribution is -2.25. The number of benzene rings is 1. The Bertz CT molecular complexity index is 647. The van der Waals surface area contributed by atoms with E-state index in [-0.39, 0.29) is 5.63 Å². The van der Waals surface area contributed by atoms with Crippen molar-refractivity contribution < 1.29 is 14.3 Å². The van der Waals surface area contributed by atoms with Crippen LogP contribution in [0.15, 0.2) is 33.5 Å². The number of aliphatic carboxylic acids is 1. The normalized spacial score (nSPS) is 11.5. The number of carbonyl (C=O) groups is 1. The second kappa shape index (κ2) is 6.01. The minimum atomic E-state index is -0.963. The number of anilines is 1. The molecule has 1 atom stereocenters. The number of nitrogen functional groups attached to an aromatic ring is 1. The number of carboxylic acids is 1. The number of aryl methyl sites for hydroxylation is 1. The molecule has 0 aliphatic rings. The lowest BCUT2D eigenvalue weighted by Gasteiger charge is -2.00. The van der Waals surface area contributed by atoms with Crippen molar-refractivity contribution in [3.05, 3.63) is 40.2 Å². The smallest absolute Gasteiger partial charge is 0.336 e. The summed E-state index contributed by atoms with van der Waals surface area (Å²) in [6, 6.07) is 6.03. The van der Waals surface area contributed by atoms with Crippen LogP contribution in [0, 0.1) is 6.92 Å². The van der Waals surface area contributed by atoms with Gasteiger partial charge in [-0.25, -0.2) is 4.79 Å². The molecular formula is C13H16N2O4. The van der Waals surface area contributed by atoms with Gasteiger partial charge in [-0.2, -0.15) is 0 Å². The van der Waals surface area contributed by atoms with Crippen molar-refractivity contribution in [2.75, 3.05) is 5.73 Å². The molecule has 0 bridgehead atoms. The van der Waals surface area contributed by atoms with Gasteiger partial charge < -0.3 is 21.0 Å². The molecule has 0 radical (unpaired) electrons. The van der Waals surface area contributed by atoms with E-state index in [1.54, 1.807) is 12.1 Å². The third kappa shape index (κ3) is 4.11. The van der Waals surface area contributed by atoms with Crippen LogP contribution in [0.25, 0.3) is 11.0 Å². The summed E-state index contributed by atoms with van der Waals surface area (Å²) in [6.45, 7) is 3.29. The van der Waals surface area contributed by atoms with Crippen molar-refractivity contribution in [2.45, 2.75) is 19.9 Å². The van der Waals surface area contributed by atoms with Crippen LogP contribution in [0.1, 0.15) is 12.5 Å². The monoisotopic (exact) mass is 264 g/mol. The summed E-state index contributed by atoms with van der Waals surface area (Å²) in [5.74, 6) is -0.963. The first-order valence-electron chi connectivity index (χ1n) is 5.59. The molecule has 19 heavy (non-hydrogen) atoms. The number of rotatable bonds is 1. The average Bonchev–Trinajstić information content (AvgIpc) is 2.28. The van der Waals surface area contributed by atoms with Crippen LogP contribution >= 0.6 is 0 Å². The Morgan fingerprint density at radius 2 is 1.95 bits per heavy atom. The fourth-order valence-electron chi connectivity index (χ4n) is 1.34. The molecule has 0 saturated heterocycles. The molecule has 1 unspecified atom stereocenters. The predicted octanol–water partition coefficient (Wildman–Crippen LogP) is 1.10. The maximum Gasteiger partial charge on any atom is 0.336 e. The molecule has 2 rings (SSSR count). The fourth-order valence-corrected chi connectivity index (χ4v) is 1.34. The zero-order valence-corrected chi connectivity index (χ0v) is 10.7. The molecule has 0 saturated carbocycles. The van der Waals surface area contributed by atoms with Gasteiger partial charge in [0, 0.05) is 23.2 Å². The van der Waals surface area contributed by atoms with Gasteiger partial charge in [-0.05, 0) is 31.5 Å². The first-order chi connectivity index (χ1) is 8.81. The van der Waals surface area contributed by atoms with Gasteiger partial charge in [-0.15, -0.1) is 0 Å². The van der Waals surface area contributed by atoms with Gasteiger partial charge in [-0.1, -0.05) is 0 Å². The molecule has 2 aromatic rings. The standard InChI is InChI=1S/C10H9NO2.C3H7NO2/c1-6-4-10(12)13-9-5-7(11)2-3-8(6)9;1-2(4)3(5)6/h2-5H,11H2,1H3;2H,4H2,1H3,(H,5,6). The van der Waals surface area contributed by atoms with E-state index in [2.05, 4.69) is 0 Å². The van der Waals surface area contributed by atoms with E-state index in [0.29, 0.717) is 11.3 Å². The third-order valence-corrected chi connectivity index (χ3v) is 2.36. The molecule has 0 aliphatic carbocycles. The molecule has 1 heterocycles. The number of nitrogens with two attached hydrogens (primary N) is 2. The Morgan fingerprint density at radius 1 is 1.37 bits per heavy atom. The van der Waals surface area contributed by atoms with Gasteiger partial charge in [0.15, 0.2) is 0 Å². The minimum Gasteiger partial charge on any atom is -0.480 e. The largest absolute Gasteiger partial charge is 0.480 e. The van der Waals surface area contributed by atoms with E-state index in [1.807, 2.05) is 13.0 Å². The van der Waals surface area contributed by atoms with Gasteiger partial charge >= 0.3 is 11.6 Å². The van der Waals surface area contributed by atoms with Crippen molar-refractivity contribution in [3.8, 4) is 0 Å². The Morgan fingerprint density at radius 3 is 2.47 bits per heavy atom. The molecule has 0 fully saturated rings. The van der Waals surface area contributed by atoms with Gasteiger partial charge in [0.25, 0.3) is 0 Å². The summed E-state index contributed by atoms with van der Waals surface area (Å²) in [7, 11) is 0. The van der Waals surface area contributed by atoms with Crippen LogP contribution in [0.4, 0.5) is 5.69 Å². The molecule has 6 heteroatoms. The van der Waals surface area contributed by atoms with Crippen molar-refractivity contribution in [1.82, 2.24) is 0 Å². The van der Waals surface area contributed by atoms with E-state index in [1.165, 1.54) is 13.0 Å². The summed E-state index contributed by atoms with van der Waals surface area (Å²) < 4.78 is 4.99. The quantitative estimate of drug-likeness (QED) is 0.524. The third-order valence-electron chi connectivity index (χ3n) is 2.36. The van der Waals surface area contributed by atoms with Gasteiger partial charge in [0.05, 0.1) is 0 Å². The number of carboxylic acid groups (broad SMARTS) is 1. The SMILES string of the molecule is CC(N)C(=O)O.Cc1cc(=O)oc2cc(N)ccc12. The molecule has 0 aliphatic heterocycles. The van der Waals surface area contributed by atoms with Crippen LogP contribution in [0.5, 0.6) is 0 Å². The minimum absolute atomic E-state index is 0.337. The Hall–Kier alpha value is -2.34. The average molecular weight is 264 g/mol. The second-order valence-corrected chi connectivity index (χ2v) is 4.13. The molecule has 0 amide bonds. The number of hydrogen-bond acceptors (Lipinski definition) is 5. The molecule has 6 nitrogen and oxygen atoms in total. The van der Waals surface area contributed by atoms with E-state index in [9.17, 15) is 9.59 Å². The topological polar surface area (TPSA) is 120 Å². The van der Waals surface area contributed by atoms with Crippen molar-refractivity contribution in [1.29, 1.82) is 0 Å². The first kappa shape index (κ1) is 14.7. The van der Waals surface area contributed by atoms with E-state index < -0.39 is 12.0 Å². The fraction of sp³-hybridized carbons (Fsp3) is 0.231. The summed E-state index contributed by atoms with van der Waals surface area (Å²) in [4.78, 5) is 20.6. The van der Waals surface area contributed by atoms with E-state index >= 15 is 0 Å². The van der Waals surface area contributed by atoms with Crippen LogP contribution in [0.3, 0.4) is 0 Å². The molecule has 102 valence electrons. The maximum atomic E-state index is 11.0. The Balaban J connectivity index is 0.000000258. The van der Waals surface area contributed by atoms with Gasteiger partial charge in [-0.3, -0.25) is 4.79 Å².